The largest absolute Gasteiger partial charge is 0.335 e. The average Bonchev–Trinajstić information content (AvgIpc) is 2.69. The van der Waals surface area contributed by atoms with Crippen molar-refractivity contribution >= 4 is 11.6 Å². The summed E-state index contributed by atoms with van der Waals surface area (Å²) in [6.07, 6.45) is 3.49. The van der Waals surface area contributed by atoms with Gasteiger partial charge in [0.25, 0.3) is 0 Å². The zero-order valence-corrected chi connectivity index (χ0v) is 8.65. The Bertz CT molecular complexity index is 511. The van der Waals surface area contributed by atoms with Gasteiger partial charge in [0, 0.05) is 18.0 Å². The summed E-state index contributed by atoms with van der Waals surface area (Å²) in [5.74, 6) is 0. The summed E-state index contributed by atoms with van der Waals surface area (Å²) in [5, 5.41) is 9.32. The molecule has 15 heavy (non-hydrogen) atoms. The number of pyridine rings is 1. The topological polar surface area (TPSA) is 41.6 Å². The van der Waals surface area contributed by atoms with Crippen LogP contribution >= 0.6 is 11.6 Å². The fourth-order valence-electron chi connectivity index (χ4n) is 1.37. The zero-order valence-electron chi connectivity index (χ0n) is 7.89. The molecule has 0 aliphatic rings. The normalized spacial score (nSPS) is 9.87. The highest BCUT2D eigenvalue weighted by Crippen LogP contribution is 2.14. The molecule has 0 aliphatic carbocycles. The van der Waals surface area contributed by atoms with E-state index >= 15 is 0 Å². The average molecular weight is 218 g/mol. The molecule has 0 aromatic carbocycles. The monoisotopic (exact) mass is 217 g/mol. The van der Waals surface area contributed by atoms with Crippen LogP contribution in [0.2, 0.25) is 5.15 Å². The third kappa shape index (κ3) is 2.00. The number of nitriles is 1. The number of hydrogen-bond donors (Lipinski definition) is 0. The number of aromatic nitrogens is 2. The smallest absolute Gasteiger partial charge is 0.133 e. The summed E-state index contributed by atoms with van der Waals surface area (Å²) in [7, 11) is 0. The van der Waals surface area contributed by atoms with Crippen molar-refractivity contribution in [2.75, 3.05) is 0 Å². The van der Waals surface area contributed by atoms with E-state index in [2.05, 4.69) is 11.1 Å². The van der Waals surface area contributed by atoms with E-state index in [1.54, 1.807) is 12.3 Å². The fraction of sp³-hybridized carbons (Fsp3) is 0.0909. The lowest BCUT2D eigenvalue weighted by atomic mass is 10.3. The first kappa shape index (κ1) is 9.75. The Hall–Kier alpha value is -1.79. The van der Waals surface area contributed by atoms with E-state index in [0.717, 1.165) is 5.56 Å². The predicted molar refractivity (Wildman–Crippen MR) is 57.5 cm³/mol. The van der Waals surface area contributed by atoms with Gasteiger partial charge in [0.2, 0.25) is 0 Å². The van der Waals surface area contributed by atoms with Crippen LogP contribution in [-0.2, 0) is 6.54 Å². The molecule has 2 aromatic heterocycles. The number of nitrogens with zero attached hydrogens (tertiary/aromatic N) is 3. The highest BCUT2D eigenvalue weighted by molar-refractivity contribution is 6.30. The van der Waals surface area contributed by atoms with Crippen molar-refractivity contribution in [1.29, 1.82) is 5.26 Å². The Morgan fingerprint density at radius 2 is 2.27 bits per heavy atom. The van der Waals surface area contributed by atoms with Gasteiger partial charge in [0.05, 0.1) is 6.54 Å². The fourth-order valence-corrected chi connectivity index (χ4v) is 1.55. The van der Waals surface area contributed by atoms with Gasteiger partial charge < -0.3 is 4.57 Å². The number of rotatable bonds is 2. The molecule has 74 valence electrons. The quantitative estimate of drug-likeness (QED) is 0.726. The minimum atomic E-state index is 0.482. The molecular formula is C11H8ClN3. The Kier molecular flexibility index (Phi) is 2.70. The van der Waals surface area contributed by atoms with E-state index in [0.29, 0.717) is 17.4 Å². The molecule has 0 unspecified atom stereocenters. The summed E-state index contributed by atoms with van der Waals surface area (Å²) in [6, 6.07) is 9.45. The minimum absolute atomic E-state index is 0.482. The van der Waals surface area contributed by atoms with E-state index < -0.39 is 0 Å². The van der Waals surface area contributed by atoms with Gasteiger partial charge in [0.1, 0.15) is 16.9 Å². The molecule has 0 atom stereocenters. The Balaban J connectivity index is 2.31. The Labute approximate surface area is 92.6 Å². The summed E-state index contributed by atoms with van der Waals surface area (Å²) in [4.78, 5) is 3.98. The van der Waals surface area contributed by atoms with Crippen LogP contribution in [0, 0.1) is 11.3 Å². The second kappa shape index (κ2) is 4.16. The highest BCUT2D eigenvalue weighted by atomic mass is 35.5. The van der Waals surface area contributed by atoms with Gasteiger partial charge in [-0.2, -0.15) is 5.26 Å². The number of hydrogen-bond acceptors (Lipinski definition) is 2. The van der Waals surface area contributed by atoms with E-state index in [-0.39, 0.29) is 0 Å². The van der Waals surface area contributed by atoms with Crippen LogP contribution in [0.15, 0.2) is 36.7 Å². The maximum atomic E-state index is 8.84. The van der Waals surface area contributed by atoms with Crippen molar-refractivity contribution in [3.05, 3.63) is 53.1 Å². The van der Waals surface area contributed by atoms with Crippen molar-refractivity contribution in [3.8, 4) is 6.07 Å². The van der Waals surface area contributed by atoms with Crippen LogP contribution in [0.25, 0.3) is 0 Å². The summed E-state index contributed by atoms with van der Waals surface area (Å²) < 4.78 is 1.84. The maximum absolute atomic E-state index is 8.84. The molecule has 0 amide bonds. The van der Waals surface area contributed by atoms with Crippen LogP contribution < -0.4 is 0 Å². The van der Waals surface area contributed by atoms with Gasteiger partial charge in [-0.05, 0) is 18.2 Å². The van der Waals surface area contributed by atoms with Crippen molar-refractivity contribution < 1.29 is 0 Å². The van der Waals surface area contributed by atoms with Gasteiger partial charge in [-0.1, -0.05) is 17.7 Å². The molecule has 0 aliphatic heterocycles. The molecule has 0 radical (unpaired) electrons. The Morgan fingerprint density at radius 1 is 1.40 bits per heavy atom. The molecule has 0 saturated carbocycles. The summed E-state index contributed by atoms with van der Waals surface area (Å²) in [6.45, 7) is 0.572. The van der Waals surface area contributed by atoms with Crippen LogP contribution in [0.1, 0.15) is 11.3 Å². The van der Waals surface area contributed by atoms with Crippen LogP contribution in [0.4, 0.5) is 0 Å². The van der Waals surface area contributed by atoms with Gasteiger partial charge >= 0.3 is 0 Å². The minimum Gasteiger partial charge on any atom is -0.335 e. The van der Waals surface area contributed by atoms with Crippen molar-refractivity contribution in [2.45, 2.75) is 6.54 Å². The molecule has 0 spiro atoms. The first-order valence-electron chi connectivity index (χ1n) is 4.46. The molecular weight excluding hydrogens is 210 g/mol. The molecule has 0 saturated heterocycles. The lowest BCUT2D eigenvalue weighted by Crippen LogP contribution is -2.01. The first-order valence-corrected chi connectivity index (χ1v) is 4.83. The standard InChI is InChI=1S/C11H8ClN3/c12-11-9(3-1-5-14-11)8-15-6-2-4-10(15)7-13/h1-6H,8H2. The van der Waals surface area contributed by atoms with Gasteiger partial charge in [-0.15, -0.1) is 0 Å². The lowest BCUT2D eigenvalue weighted by molar-refractivity contribution is 0.790. The van der Waals surface area contributed by atoms with Crippen molar-refractivity contribution in [3.63, 3.8) is 0 Å². The molecule has 0 N–H and O–H groups in total. The second-order valence-corrected chi connectivity index (χ2v) is 3.44. The molecule has 2 rings (SSSR count). The van der Waals surface area contributed by atoms with Gasteiger partial charge in [-0.3, -0.25) is 0 Å². The van der Waals surface area contributed by atoms with Crippen LogP contribution in [0.5, 0.6) is 0 Å². The van der Waals surface area contributed by atoms with Crippen molar-refractivity contribution in [1.82, 2.24) is 9.55 Å². The lowest BCUT2D eigenvalue weighted by Gasteiger charge is -2.05. The zero-order chi connectivity index (χ0) is 10.7. The molecule has 4 heteroatoms. The summed E-state index contributed by atoms with van der Waals surface area (Å²) >= 11 is 5.93. The van der Waals surface area contributed by atoms with E-state index in [9.17, 15) is 0 Å². The second-order valence-electron chi connectivity index (χ2n) is 3.09. The molecule has 0 fully saturated rings. The summed E-state index contributed by atoms with van der Waals surface area (Å²) in [5.41, 5.74) is 1.53. The number of halogens is 1. The highest BCUT2D eigenvalue weighted by Gasteiger charge is 2.03. The van der Waals surface area contributed by atoms with Crippen LogP contribution in [-0.4, -0.2) is 9.55 Å². The van der Waals surface area contributed by atoms with E-state index in [1.165, 1.54) is 0 Å². The van der Waals surface area contributed by atoms with E-state index in [4.69, 9.17) is 16.9 Å². The maximum Gasteiger partial charge on any atom is 0.133 e. The Morgan fingerprint density at radius 3 is 3.00 bits per heavy atom. The SMILES string of the molecule is N#Cc1cccn1Cc1cccnc1Cl. The third-order valence-electron chi connectivity index (χ3n) is 2.12. The molecule has 0 bridgehead atoms. The third-order valence-corrected chi connectivity index (χ3v) is 2.46. The van der Waals surface area contributed by atoms with Gasteiger partial charge in [0.15, 0.2) is 0 Å². The van der Waals surface area contributed by atoms with Gasteiger partial charge in [-0.25, -0.2) is 4.98 Å². The molecule has 2 heterocycles. The molecule has 2 aromatic rings. The molecule has 3 nitrogen and oxygen atoms in total. The first-order chi connectivity index (χ1) is 7.31. The van der Waals surface area contributed by atoms with Crippen LogP contribution in [0.3, 0.4) is 0 Å². The van der Waals surface area contributed by atoms with Crippen molar-refractivity contribution in [2.24, 2.45) is 0 Å². The predicted octanol–water partition coefficient (Wildman–Crippen LogP) is 2.46. The van der Waals surface area contributed by atoms with E-state index in [1.807, 2.05) is 29.0 Å².